The molecule has 172 valence electrons. The van der Waals surface area contributed by atoms with Gasteiger partial charge in [-0.15, -0.1) is 0 Å². The number of rotatable bonds is 8. The molecule has 1 fully saturated rings. The highest BCUT2D eigenvalue weighted by Crippen LogP contribution is 2.28. The number of para-hydroxylation sites is 2. The van der Waals surface area contributed by atoms with Crippen molar-refractivity contribution in [3.05, 3.63) is 54.1 Å². The van der Waals surface area contributed by atoms with Crippen molar-refractivity contribution in [1.29, 1.82) is 0 Å². The largest absolute Gasteiger partial charge is 0.495 e. The SMILES string of the molecule is CCOc1ccc(C(=O)N[C@@H](C(=O)N2CCN(c3ccccc3OC)CC2)C(C)C)cc1. The Kier molecular flexibility index (Phi) is 7.98. The highest BCUT2D eigenvalue weighted by atomic mass is 16.5. The maximum atomic E-state index is 13.3. The summed E-state index contributed by atoms with van der Waals surface area (Å²) in [6.45, 7) is 9.00. The van der Waals surface area contributed by atoms with Gasteiger partial charge in [-0.25, -0.2) is 0 Å². The fourth-order valence-electron chi connectivity index (χ4n) is 3.86. The van der Waals surface area contributed by atoms with Gasteiger partial charge in [0.15, 0.2) is 0 Å². The molecule has 0 aromatic heterocycles. The number of nitrogens with zero attached hydrogens (tertiary/aromatic N) is 2. The van der Waals surface area contributed by atoms with E-state index in [9.17, 15) is 9.59 Å². The topological polar surface area (TPSA) is 71.1 Å². The molecule has 1 aliphatic heterocycles. The Morgan fingerprint density at radius 3 is 2.25 bits per heavy atom. The van der Waals surface area contributed by atoms with E-state index in [2.05, 4.69) is 10.2 Å². The van der Waals surface area contributed by atoms with Crippen LogP contribution in [0.5, 0.6) is 11.5 Å². The van der Waals surface area contributed by atoms with Gasteiger partial charge in [-0.1, -0.05) is 26.0 Å². The van der Waals surface area contributed by atoms with E-state index in [0.29, 0.717) is 44.1 Å². The molecule has 1 saturated heterocycles. The quantitative estimate of drug-likeness (QED) is 0.684. The van der Waals surface area contributed by atoms with Crippen molar-refractivity contribution < 1.29 is 19.1 Å². The predicted octanol–water partition coefficient (Wildman–Crippen LogP) is 3.20. The normalized spacial score (nSPS) is 14.8. The minimum atomic E-state index is -0.577. The fourth-order valence-corrected chi connectivity index (χ4v) is 3.86. The van der Waals surface area contributed by atoms with Gasteiger partial charge in [0.1, 0.15) is 17.5 Å². The molecule has 0 bridgehead atoms. The Hall–Kier alpha value is -3.22. The van der Waals surface area contributed by atoms with Crippen LogP contribution in [-0.2, 0) is 4.79 Å². The fraction of sp³-hybridized carbons (Fsp3) is 0.440. The minimum Gasteiger partial charge on any atom is -0.495 e. The molecule has 0 unspecified atom stereocenters. The molecular formula is C25H33N3O4. The zero-order chi connectivity index (χ0) is 23.1. The third-order valence-electron chi connectivity index (χ3n) is 5.66. The average molecular weight is 440 g/mol. The van der Waals surface area contributed by atoms with Gasteiger partial charge in [0.25, 0.3) is 5.91 Å². The number of benzene rings is 2. The number of carbonyl (C=O) groups excluding carboxylic acids is 2. The van der Waals surface area contributed by atoms with Crippen molar-refractivity contribution in [2.24, 2.45) is 5.92 Å². The molecule has 1 heterocycles. The van der Waals surface area contributed by atoms with Crippen LogP contribution < -0.4 is 19.7 Å². The summed E-state index contributed by atoms with van der Waals surface area (Å²) in [6.07, 6.45) is 0. The summed E-state index contributed by atoms with van der Waals surface area (Å²) >= 11 is 0. The smallest absolute Gasteiger partial charge is 0.251 e. The Labute approximate surface area is 190 Å². The van der Waals surface area contributed by atoms with Gasteiger partial charge in [-0.05, 0) is 49.2 Å². The van der Waals surface area contributed by atoms with Crippen molar-refractivity contribution in [1.82, 2.24) is 10.2 Å². The second kappa shape index (κ2) is 10.9. The molecule has 2 aromatic rings. The second-order valence-electron chi connectivity index (χ2n) is 8.14. The van der Waals surface area contributed by atoms with Crippen molar-refractivity contribution in [3.63, 3.8) is 0 Å². The monoisotopic (exact) mass is 439 g/mol. The summed E-state index contributed by atoms with van der Waals surface area (Å²) in [5, 5.41) is 2.94. The molecule has 0 saturated carbocycles. The number of hydrogen-bond acceptors (Lipinski definition) is 5. The summed E-state index contributed by atoms with van der Waals surface area (Å²) in [4.78, 5) is 30.1. The number of amides is 2. The van der Waals surface area contributed by atoms with Gasteiger partial charge < -0.3 is 24.6 Å². The number of methoxy groups -OCH3 is 1. The highest BCUT2D eigenvalue weighted by Gasteiger charge is 2.31. The van der Waals surface area contributed by atoms with E-state index in [-0.39, 0.29) is 17.7 Å². The Morgan fingerprint density at radius 1 is 1.00 bits per heavy atom. The van der Waals surface area contributed by atoms with Crippen molar-refractivity contribution in [2.75, 3.05) is 44.8 Å². The summed E-state index contributed by atoms with van der Waals surface area (Å²) < 4.78 is 10.9. The van der Waals surface area contributed by atoms with Crippen LogP contribution in [0.2, 0.25) is 0 Å². The maximum Gasteiger partial charge on any atom is 0.251 e. The van der Waals surface area contributed by atoms with Crippen LogP contribution in [-0.4, -0.2) is 62.7 Å². The lowest BCUT2D eigenvalue weighted by molar-refractivity contribution is -0.134. The number of piperazine rings is 1. The van der Waals surface area contributed by atoms with Crippen LogP contribution in [0, 0.1) is 5.92 Å². The molecule has 0 radical (unpaired) electrons. The number of anilines is 1. The average Bonchev–Trinajstić information content (AvgIpc) is 2.82. The van der Waals surface area contributed by atoms with Gasteiger partial charge >= 0.3 is 0 Å². The number of ether oxygens (including phenoxy) is 2. The zero-order valence-corrected chi connectivity index (χ0v) is 19.3. The van der Waals surface area contributed by atoms with E-state index in [1.807, 2.05) is 49.9 Å². The zero-order valence-electron chi connectivity index (χ0n) is 19.3. The van der Waals surface area contributed by atoms with Gasteiger partial charge in [0, 0.05) is 31.7 Å². The van der Waals surface area contributed by atoms with Gasteiger partial charge in [0.2, 0.25) is 5.91 Å². The molecule has 3 rings (SSSR count). The van der Waals surface area contributed by atoms with Gasteiger partial charge in [0.05, 0.1) is 19.4 Å². The van der Waals surface area contributed by atoms with Gasteiger partial charge in [-0.2, -0.15) is 0 Å². The highest BCUT2D eigenvalue weighted by molar-refractivity contribution is 5.97. The van der Waals surface area contributed by atoms with Crippen LogP contribution in [0.4, 0.5) is 5.69 Å². The molecule has 2 aromatic carbocycles. The maximum absolute atomic E-state index is 13.3. The molecule has 1 atom stereocenters. The Morgan fingerprint density at radius 2 is 1.66 bits per heavy atom. The van der Waals surface area contributed by atoms with Crippen LogP contribution in [0.3, 0.4) is 0 Å². The molecule has 32 heavy (non-hydrogen) atoms. The first-order valence-electron chi connectivity index (χ1n) is 11.1. The lowest BCUT2D eigenvalue weighted by Gasteiger charge is -2.38. The van der Waals surface area contributed by atoms with E-state index in [0.717, 1.165) is 11.4 Å². The van der Waals surface area contributed by atoms with Crippen LogP contribution in [0.15, 0.2) is 48.5 Å². The van der Waals surface area contributed by atoms with E-state index in [1.54, 1.807) is 31.4 Å². The van der Waals surface area contributed by atoms with Gasteiger partial charge in [-0.3, -0.25) is 9.59 Å². The molecule has 2 amide bonds. The second-order valence-corrected chi connectivity index (χ2v) is 8.14. The number of hydrogen-bond donors (Lipinski definition) is 1. The molecule has 7 heteroatoms. The molecule has 0 aliphatic carbocycles. The van der Waals surface area contributed by atoms with Crippen LogP contribution in [0.25, 0.3) is 0 Å². The first-order valence-corrected chi connectivity index (χ1v) is 11.1. The van der Waals surface area contributed by atoms with E-state index in [1.165, 1.54) is 0 Å². The number of carbonyl (C=O) groups is 2. The first kappa shape index (κ1) is 23.4. The minimum absolute atomic E-state index is 0.0265. The lowest BCUT2D eigenvalue weighted by Crippen LogP contribution is -2.56. The summed E-state index contributed by atoms with van der Waals surface area (Å²) in [7, 11) is 1.67. The molecular weight excluding hydrogens is 406 g/mol. The molecule has 1 N–H and O–H groups in total. The summed E-state index contributed by atoms with van der Waals surface area (Å²) in [6, 6.07) is 14.3. The van der Waals surface area contributed by atoms with Crippen molar-refractivity contribution in [3.8, 4) is 11.5 Å². The number of nitrogens with one attached hydrogen (secondary N) is 1. The Balaban J connectivity index is 1.62. The van der Waals surface area contributed by atoms with Crippen molar-refractivity contribution >= 4 is 17.5 Å². The lowest BCUT2D eigenvalue weighted by atomic mass is 10.0. The van der Waals surface area contributed by atoms with Crippen molar-refractivity contribution in [2.45, 2.75) is 26.8 Å². The molecule has 7 nitrogen and oxygen atoms in total. The summed E-state index contributed by atoms with van der Waals surface area (Å²) in [5.41, 5.74) is 1.54. The molecule has 0 spiro atoms. The van der Waals surface area contributed by atoms with Crippen LogP contribution in [0.1, 0.15) is 31.1 Å². The molecule has 1 aliphatic rings. The standard InChI is InChI=1S/C25H33N3O4/c1-5-32-20-12-10-19(11-13-20)24(29)26-23(18(2)3)25(30)28-16-14-27(15-17-28)21-8-6-7-9-22(21)31-4/h6-13,18,23H,5,14-17H2,1-4H3,(H,26,29)/t23-/m1/s1. The third-order valence-corrected chi connectivity index (χ3v) is 5.66. The Bertz CT molecular complexity index is 906. The third kappa shape index (κ3) is 5.52. The van der Waals surface area contributed by atoms with E-state index < -0.39 is 6.04 Å². The van der Waals surface area contributed by atoms with E-state index >= 15 is 0 Å². The predicted molar refractivity (Wildman–Crippen MR) is 125 cm³/mol. The summed E-state index contributed by atoms with van der Waals surface area (Å²) in [5.74, 6) is 1.22. The van der Waals surface area contributed by atoms with Crippen LogP contribution >= 0.6 is 0 Å². The first-order chi connectivity index (χ1) is 15.4. The van der Waals surface area contributed by atoms with E-state index in [4.69, 9.17) is 9.47 Å².